The Morgan fingerprint density at radius 3 is 2.44 bits per heavy atom. The standard InChI is InChI=1S/C13H11FN2OS/c1-9(17)8-18-13-7-6-12(15-16-13)10-2-4-11(14)5-3-10/h2-7H,8H2,1H3. The van der Waals surface area contributed by atoms with E-state index in [4.69, 9.17) is 0 Å². The number of hydrogen-bond acceptors (Lipinski definition) is 4. The van der Waals surface area contributed by atoms with E-state index >= 15 is 0 Å². The van der Waals surface area contributed by atoms with Crippen LogP contribution in [-0.2, 0) is 4.79 Å². The first kappa shape index (κ1) is 12.7. The van der Waals surface area contributed by atoms with Gasteiger partial charge >= 0.3 is 0 Å². The molecule has 92 valence electrons. The van der Waals surface area contributed by atoms with Gasteiger partial charge in [0.25, 0.3) is 0 Å². The number of carbonyl (C=O) groups is 1. The highest BCUT2D eigenvalue weighted by molar-refractivity contribution is 7.99. The van der Waals surface area contributed by atoms with E-state index in [1.165, 1.54) is 30.8 Å². The van der Waals surface area contributed by atoms with Gasteiger partial charge in [-0.3, -0.25) is 4.79 Å². The Bertz CT molecular complexity index is 540. The van der Waals surface area contributed by atoms with E-state index in [0.29, 0.717) is 16.5 Å². The van der Waals surface area contributed by atoms with Gasteiger partial charge in [-0.1, -0.05) is 11.8 Å². The topological polar surface area (TPSA) is 42.9 Å². The zero-order valence-electron chi connectivity index (χ0n) is 9.76. The first-order chi connectivity index (χ1) is 8.65. The van der Waals surface area contributed by atoms with Crippen molar-refractivity contribution in [2.24, 2.45) is 0 Å². The summed E-state index contributed by atoms with van der Waals surface area (Å²) in [6, 6.07) is 9.69. The number of hydrogen-bond donors (Lipinski definition) is 0. The van der Waals surface area contributed by atoms with Gasteiger partial charge in [0.05, 0.1) is 11.4 Å². The fourth-order valence-electron chi connectivity index (χ4n) is 1.35. The molecule has 0 unspecified atom stereocenters. The lowest BCUT2D eigenvalue weighted by Gasteiger charge is -2.01. The van der Waals surface area contributed by atoms with E-state index in [9.17, 15) is 9.18 Å². The van der Waals surface area contributed by atoms with Crippen molar-refractivity contribution in [1.29, 1.82) is 0 Å². The molecule has 3 nitrogen and oxygen atoms in total. The lowest BCUT2D eigenvalue weighted by atomic mass is 10.1. The number of nitrogens with zero attached hydrogens (tertiary/aromatic N) is 2. The average Bonchev–Trinajstić information content (AvgIpc) is 2.38. The Kier molecular flexibility index (Phi) is 4.04. The molecule has 0 aliphatic carbocycles. The van der Waals surface area contributed by atoms with Crippen molar-refractivity contribution >= 4 is 17.5 Å². The lowest BCUT2D eigenvalue weighted by Crippen LogP contribution is -1.95. The molecule has 0 saturated carbocycles. The van der Waals surface area contributed by atoms with Crippen molar-refractivity contribution < 1.29 is 9.18 Å². The minimum absolute atomic E-state index is 0.101. The monoisotopic (exact) mass is 262 g/mol. The third-order valence-corrected chi connectivity index (χ3v) is 3.27. The van der Waals surface area contributed by atoms with Gasteiger partial charge in [-0.25, -0.2) is 4.39 Å². The maximum absolute atomic E-state index is 12.8. The van der Waals surface area contributed by atoms with E-state index in [1.807, 2.05) is 6.07 Å². The first-order valence-corrected chi connectivity index (χ1v) is 6.35. The van der Waals surface area contributed by atoms with Gasteiger partial charge < -0.3 is 0 Å². The highest BCUT2D eigenvalue weighted by Gasteiger charge is 2.03. The molecule has 0 saturated heterocycles. The molecule has 0 fully saturated rings. The van der Waals surface area contributed by atoms with Gasteiger partial charge in [-0.05, 0) is 43.3 Å². The van der Waals surface area contributed by atoms with E-state index < -0.39 is 0 Å². The zero-order valence-corrected chi connectivity index (χ0v) is 10.6. The van der Waals surface area contributed by atoms with Gasteiger partial charge in [0.2, 0.25) is 0 Å². The van der Waals surface area contributed by atoms with Gasteiger partial charge in [-0.2, -0.15) is 0 Å². The Labute approximate surface area is 108 Å². The Morgan fingerprint density at radius 1 is 1.17 bits per heavy atom. The summed E-state index contributed by atoms with van der Waals surface area (Å²) in [7, 11) is 0. The molecule has 1 aromatic heterocycles. The van der Waals surface area contributed by atoms with Crippen molar-refractivity contribution in [2.75, 3.05) is 5.75 Å². The number of halogens is 1. The molecule has 0 aliphatic heterocycles. The molecule has 1 aromatic carbocycles. The average molecular weight is 262 g/mol. The summed E-state index contributed by atoms with van der Waals surface area (Å²) < 4.78 is 12.8. The van der Waals surface area contributed by atoms with Crippen LogP contribution in [0.5, 0.6) is 0 Å². The Hall–Kier alpha value is -1.75. The van der Waals surface area contributed by atoms with E-state index in [-0.39, 0.29) is 11.6 Å². The number of ketones is 1. The maximum atomic E-state index is 12.8. The van der Waals surface area contributed by atoms with Crippen molar-refractivity contribution in [3.05, 3.63) is 42.2 Å². The fourth-order valence-corrected chi connectivity index (χ4v) is 1.96. The first-order valence-electron chi connectivity index (χ1n) is 5.37. The summed E-state index contributed by atoms with van der Waals surface area (Å²) in [6.07, 6.45) is 0. The van der Waals surface area contributed by atoms with Crippen molar-refractivity contribution in [3.8, 4) is 11.3 Å². The number of rotatable bonds is 4. The van der Waals surface area contributed by atoms with Crippen LogP contribution in [0.1, 0.15) is 6.92 Å². The van der Waals surface area contributed by atoms with E-state index in [2.05, 4.69) is 10.2 Å². The number of carbonyl (C=O) groups excluding carboxylic acids is 1. The van der Waals surface area contributed by atoms with E-state index in [0.717, 1.165) is 5.56 Å². The molecule has 5 heteroatoms. The van der Waals surface area contributed by atoms with Crippen LogP contribution in [-0.4, -0.2) is 21.7 Å². The van der Waals surface area contributed by atoms with Gasteiger partial charge in [0.15, 0.2) is 0 Å². The summed E-state index contributed by atoms with van der Waals surface area (Å²) in [5.74, 6) is 0.217. The maximum Gasteiger partial charge on any atom is 0.140 e. The normalized spacial score (nSPS) is 10.3. The van der Waals surface area contributed by atoms with E-state index in [1.54, 1.807) is 18.2 Å². The number of benzene rings is 1. The van der Waals surface area contributed by atoms with Crippen LogP contribution >= 0.6 is 11.8 Å². The molecule has 2 rings (SSSR count). The second-order valence-electron chi connectivity index (χ2n) is 3.75. The van der Waals surface area contributed by atoms with Gasteiger partial charge in [0, 0.05) is 5.56 Å². The van der Waals surface area contributed by atoms with Crippen LogP contribution < -0.4 is 0 Å². The van der Waals surface area contributed by atoms with Gasteiger partial charge in [-0.15, -0.1) is 10.2 Å². The van der Waals surface area contributed by atoms with Crippen LogP contribution in [0.2, 0.25) is 0 Å². The van der Waals surface area contributed by atoms with Crippen molar-refractivity contribution in [2.45, 2.75) is 11.9 Å². The molecule has 2 aromatic rings. The molecule has 18 heavy (non-hydrogen) atoms. The second-order valence-corrected chi connectivity index (χ2v) is 4.75. The van der Waals surface area contributed by atoms with Crippen LogP contribution in [0.25, 0.3) is 11.3 Å². The largest absolute Gasteiger partial charge is 0.299 e. The summed E-state index contributed by atoms with van der Waals surface area (Å²) in [4.78, 5) is 10.8. The molecule has 0 radical (unpaired) electrons. The molecule has 0 spiro atoms. The predicted octanol–water partition coefficient (Wildman–Crippen LogP) is 2.96. The summed E-state index contributed by atoms with van der Waals surface area (Å²) >= 11 is 1.35. The molecule has 0 atom stereocenters. The third-order valence-electron chi connectivity index (χ3n) is 2.20. The molecule has 0 aliphatic rings. The van der Waals surface area contributed by atoms with Crippen LogP contribution in [0.4, 0.5) is 4.39 Å². The van der Waals surface area contributed by atoms with Crippen LogP contribution in [0.3, 0.4) is 0 Å². The molecule has 0 N–H and O–H groups in total. The predicted molar refractivity (Wildman–Crippen MR) is 68.8 cm³/mol. The van der Waals surface area contributed by atoms with Gasteiger partial charge in [0.1, 0.15) is 16.6 Å². The number of Topliss-reactive ketones (excluding diaryl/α,β-unsaturated/α-hetero) is 1. The highest BCUT2D eigenvalue weighted by Crippen LogP contribution is 2.19. The smallest absolute Gasteiger partial charge is 0.140 e. The molecule has 0 amide bonds. The SMILES string of the molecule is CC(=O)CSc1ccc(-c2ccc(F)cc2)nn1. The fraction of sp³-hybridized carbons (Fsp3) is 0.154. The molecular weight excluding hydrogens is 251 g/mol. The Morgan fingerprint density at radius 2 is 1.89 bits per heavy atom. The quantitative estimate of drug-likeness (QED) is 0.794. The number of thioether (sulfide) groups is 1. The second kappa shape index (κ2) is 5.73. The minimum atomic E-state index is -0.277. The summed E-state index contributed by atoms with van der Waals surface area (Å²) in [6.45, 7) is 1.54. The Balaban J connectivity index is 2.12. The molecular formula is C13H11FN2OS. The summed E-state index contributed by atoms with van der Waals surface area (Å²) in [5, 5.41) is 8.77. The third kappa shape index (κ3) is 3.37. The van der Waals surface area contributed by atoms with Crippen LogP contribution in [0.15, 0.2) is 41.4 Å². The lowest BCUT2D eigenvalue weighted by molar-refractivity contribution is -0.114. The zero-order chi connectivity index (χ0) is 13.0. The highest BCUT2D eigenvalue weighted by atomic mass is 32.2. The minimum Gasteiger partial charge on any atom is -0.299 e. The summed E-state index contributed by atoms with van der Waals surface area (Å²) in [5.41, 5.74) is 1.49. The van der Waals surface area contributed by atoms with Crippen molar-refractivity contribution in [1.82, 2.24) is 10.2 Å². The van der Waals surface area contributed by atoms with Crippen LogP contribution in [0, 0.1) is 5.82 Å². The van der Waals surface area contributed by atoms with Crippen molar-refractivity contribution in [3.63, 3.8) is 0 Å². The number of aromatic nitrogens is 2. The molecule has 0 bridgehead atoms. The molecule has 1 heterocycles.